The molecule has 19 heteroatoms. The molecule has 0 aromatic rings. The number of phosphoric ester groups is 2. The highest BCUT2D eigenvalue weighted by atomic mass is 31.2. The van der Waals surface area contributed by atoms with Gasteiger partial charge in [0, 0.05) is 25.7 Å². The molecule has 0 aromatic heterocycles. The third-order valence-corrected chi connectivity index (χ3v) is 17.8. The van der Waals surface area contributed by atoms with Crippen molar-refractivity contribution in [3.63, 3.8) is 0 Å². The molecule has 0 amide bonds. The second kappa shape index (κ2) is 55.2. The highest BCUT2D eigenvalue weighted by molar-refractivity contribution is 7.47. The van der Waals surface area contributed by atoms with Crippen LogP contribution >= 0.6 is 15.6 Å². The molecule has 5 unspecified atom stereocenters. The fraction of sp³-hybridized carbons (Fsp3) is 0.938. The van der Waals surface area contributed by atoms with E-state index in [4.69, 9.17) is 37.0 Å². The highest BCUT2D eigenvalue weighted by Gasteiger charge is 2.30. The number of aliphatic hydroxyl groups is 1. The van der Waals surface area contributed by atoms with Crippen LogP contribution in [0.25, 0.3) is 0 Å². The van der Waals surface area contributed by atoms with Crippen LogP contribution in [0.5, 0.6) is 0 Å². The van der Waals surface area contributed by atoms with Crippen molar-refractivity contribution in [2.45, 2.75) is 331 Å². The molecule has 0 fully saturated rings. The van der Waals surface area contributed by atoms with Crippen LogP contribution in [0.3, 0.4) is 0 Å². The summed E-state index contributed by atoms with van der Waals surface area (Å²) in [5.41, 5.74) is 0. The molecule has 84 heavy (non-hydrogen) atoms. The molecule has 0 aliphatic heterocycles. The summed E-state index contributed by atoms with van der Waals surface area (Å²) in [7, 11) is -9.89. The summed E-state index contributed by atoms with van der Waals surface area (Å²) >= 11 is 0. The van der Waals surface area contributed by atoms with Crippen molar-refractivity contribution >= 4 is 39.5 Å². The molecule has 0 aliphatic rings. The summed E-state index contributed by atoms with van der Waals surface area (Å²) < 4.78 is 68.0. The maximum absolute atomic E-state index is 13.0. The topological polar surface area (TPSA) is 237 Å². The molecule has 0 saturated carbocycles. The summed E-state index contributed by atoms with van der Waals surface area (Å²) in [6, 6.07) is 0. The number of carbonyl (C=O) groups is 4. The average molecular weight is 1240 g/mol. The lowest BCUT2D eigenvalue weighted by atomic mass is 9.99. The van der Waals surface area contributed by atoms with Crippen molar-refractivity contribution in [2.24, 2.45) is 23.7 Å². The molecule has 8 atom stereocenters. The minimum atomic E-state index is -4.95. The predicted molar refractivity (Wildman–Crippen MR) is 335 cm³/mol. The Labute approximate surface area is 511 Å². The molecule has 0 radical (unpaired) electrons. The van der Waals surface area contributed by atoms with E-state index in [2.05, 4.69) is 55.4 Å². The first-order chi connectivity index (χ1) is 40.2. The Balaban J connectivity index is 5.27. The van der Waals surface area contributed by atoms with Gasteiger partial charge in [0.15, 0.2) is 12.2 Å². The van der Waals surface area contributed by atoms with Gasteiger partial charge in [-0.05, 0) is 49.4 Å². The number of aliphatic hydroxyl groups excluding tert-OH is 1. The molecular formula is C65H126O17P2. The SMILES string of the molecule is CCC(C)CCCCCCCCCCC(=O)OC[C@H](COP(=O)(O)OC[C@@H](O)COP(=O)(O)OC[C@@H](COC(=O)CCCCCCCCC(C)CC)OC(=O)CCCCCCCCCCCC(C)C)OC(=O)CCCCCCCCC(C)CC. The fourth-order valence-electron chi connectivity index (χ4n) is 9.51. The fourth-order valence-corrected chi connectivity index (χ4v) is 11.1. The summed E-state index contributed by atoms with van der Waals surface area (Å²) in [5, 5.41) is 10.5. The Bertz CT molecular complexity index is 1680. The average Bonchev–Trinajstić information content (AvgIpc) is 3.55. The number of ether oxygens (including phenoxy) is 4. The van der Waals surface area contributed by atoms with Crippen LogP contribution in [0.1, 0.15) is 312 Å². The lowest BCUT2D eigenvalue weighted by molar-refractivity contribution is -0.161. The van der Waals surface area contributed by atoms with E-state index in [1.807, 2.05) is 0 Å². The summed E-state index contributed by atoms with van der Waals surface area (Å²) in [6.45, 7) is 14.0. The first-order valence-electron chi connectivity index (χ1n) is 33.8. The molecule has 0 spiro atoms. The third-order valence-electron chi connectivity index (χ3n) is 15.9. The minimum Gasteiger partial charge on any atom is -0.462 e. The van der Waals surface area contributed by atoms with E-state index in [0.29, 0.717) is 25.7 Å². The van der Waals surface area contributed by atoms with Gasteiger partial charge in [0.2, 0.25) is 0 Å². The number of hydrogen-bond acceptors (Lipinski definition) is 15. The number of carbonyl (C=O) groups excluding carboxylic acids is 4. The molecule has 0 saturated heterocycles. The molecule has 17 nitrogen and oxygen atoms in total. The van der Waals surface area contributed by atoms with E-state index in [9.17, 15) is 43.2 Å². The number of hydrogen-bond donors (Lipinski definition) is 3. The van der Waals surface area contributed by atoms with Crippen molar-refractivity contribution < 1.29 is 80.2 Å². The number of unbranched alkanes of at least 4 members (excludes halogenated alkanes) is 25. The van der Waals surface area contributed by atoms with Gasteiger partial charge in [-0.1, -0.05) is 261 Å². The van der Waals surface area contributed by atoms with Gasteiger partial charge in [-0.25, -0.2) is 9.13 Å². The Hall–Kier alpha value is -1.94. The van der Waals surface area contributed by atoms with Gasteiger partial charge in [-0.3, -0.25) is 37.3 Å². The first kappa shape index (κ1) is 82.1. The maximum atomic E-state index is 13.0. The smallest absolute Gasteiger partial charge is 0.462 e. The largest absolute Gasteiger partial charge is 0.472 e. The molecule has 0 bridgehead atoms. The number of rotatable bonds is 62. The zero-order chi connectivity index (χ0) is 62.5. The Morgan fingerprint density at radius 2 is 0.571 bits per heavy atom. The van der Waals surface area contributed by atoms with Crippen molar-refractivity contribution in [3.05, 3.63) is 0 Å². The van der Waals surface area contributed by atoms with Gasteiger partial charge in [-0.15, -0.1) is 0 Å². The van der Waals surface area contributed by atoms with Crippen molar-refractivity contribution in [1.29, 1.82) is 0 Å². The number of esters is 4. The molecular weight excluding hydrogens is 1110 g/mol. The van der Waals surface area contributed by atoms with Crippen molar-refractivity contribution in [2.75, 3.05) is 39.6 Å². The first-order valence-corrected chi connectivity index (χ1v) is 36.8. The highest BCUT2D eigenvalue weighted by Crippen LogP contribution is 2.45. The van der Waals surface area contributed by atoms with Crippen LogP contribution in [0.15, 0.2) is 0 Å². The van der Waals surface area contributed by atoms with Crippen molar-refractivity contribution in [3.8, 4) is 0 Å². The van der Waals surface area contributed by atoms with E-state index in [-0.39, 0.29) is 25.7 Å². The van der Waals surface area contributed by atoms with E-state index in [1.165, 1.54) is 109 Å². The summed E-state index contributed by atoms with van der Waals surface area (Å²) in [4.78, 5) is 72.3. The van der Waals surface area contributed by atoms with Gasteiger partial charge in [0.25, 0.3) is 0 Å². The van der Waals surface area contributed by atoms with Gasteiger partial charge < -0.3 is 33.8 Å². The van der Waals surface area contributed by atoms with Crippen LogP contribution in [0, 0.1) is 23.7 Å². The summed E-state index contributed by atoms with van der Waals surface area (Å²) in [6.07, 6.45) is 34.8. The lowest BCUT2D eigenvalue weighted by Gasteiger charge is -2.21. The summed E-state index contributed by atoms with van der Waals surface area (Å²) in [5.74, 6) is 0.824. The Kier molecular flexibility index (Phi) is 53.9. The Morgan fingerprint density at radius 1 is 0.333 bits per heavy atom. The standard InChI is InChI=1S/C65H126O17P2/c1-9-56(6)42-34-26-18-15-16-19-29-37-45-62(67)75-51-61(82-65(70)48-40-32-24-22-28-36-44-58(8)11-3)54-80-84(73,74)78-50-59(66)49-77-83(71,72)79-53-60(52-76-63(68)46-38-30-23-21-27-35-43-57(7)10-2)81-64(69)47-39-31-20-14-12-13-17-25-33-41-55(4)5/h55-61,66H,9-54H2,1-8H3,(H,71,72)(H,73,74)/t56?,57?,58?,59-,60+,61+/m0/s1. The molecule has 0 heterocycles. The van der Waals surface area contributed by atoms with Gasteiger partial charge in [-0.2, -0.15) is 0 Å². The molecule has 498 valence electrons. The number of phosphoric acid groups is 2. The lowest BCUT2D eigenvalue weighted by Crippen LogP contribution is -2.30. The van der Waals surface area contributed by atoms with Crippen LogP contribution in [-0.4, -0.2) is 96.7 Å². The zero-order valence-corrected chi connectivity index (χ0v) is 56.3. The Morgan fingerprint density at radius 3 is 0.845 bits per heavy atom. The predicted octanol–water partition coefficient (Wildman–Crippen LogP) is 17.8. The molecule has 3 N–H and O–H groups in total. The molecule has 0 aliphatic carbocycles. The van der Waals surface area contributed by atoms with Gasteiger partial charge >= 0.3 is 39.5 Å². The van der Waals surface area contributed by atoms with E-state index in [0.717, 1.165) is 120 Å². The molecule has 0 rings (SSSR count). The molecule has 0 aromatic carbocycles. The second-order valence-corrected chi connectivity index (χ2v) is 27.6. The quantitative estimate of drug-likeness (QED) is 0.0222. The van der Waals surface area contributed by atoms with Crippen LogP contribution < -0.4 is 0 Å². The van der Waals surface area contributed by atoms with Crippen LogP contribution in [-0.2, 0) is 65.4 Å². The normalized spacial score (nSPS) is 15.4. The maximum Gasteiger partial charge on any atom is 0.472 e. The monoisotopic (exact) mass is 1240 g/mol. The van der Waals surface area contributed by atoms with Gasteiger partial charge in [0.1, 0.15) is 19.3 Å². The van der Waals surface area contributed by atoms with E-state index < -0.39 is 97.5 Å². The second-order valence-electron chi connectivity index (χ2n) is 24.7. The van der Waals surface area contributed by atoms with Crippen molar-refractivity contribution in [1.82, 2.24) is 0 Å². The van der Waals surface area contributed by atoms with Crippen LogP contribution in [0.2, 0.25) is 0 Å². The zero-order valence-electron chi connectivity index (χ0n) is 54.5. The van der Waals surface area contributed by atoms with E-state index in [1.54, 1.807) is 0 Å². The van der Waals surface area contributed by atoms with Gasteiger partial charge in [0.05, 0.1) is 26.4 Å². The minimum absolute atomic E-state index is 0.102. The van der Waals surface area contributed by atoms with Crippen LogP contribution in [0.4, 0.5) is 0 Å². The third kappa shape index (κ3) is 55.4. The van der Waals surface area contributed by atoms with E-state index >= 15 is 0 Å².